The van der Waals surface area contributed by atoms with Crippen LogP contribution >= 0.6 is 15.9 Å². The summed E-state index contributed by atoms with van der Waals surface area (Å²) >= 11 is 3.40. The first-order valence-electron chi connectivity index (χ1n) is 6.01. The van der Waals surface area contributed by atoms with Gasteiger partial charge in [0.05, 0.1) is 0 Å². The van der Waals surface area contributed by atoms with Gasteiger partial charge in [-0.25, -0.2) is 0 Å². The number of halogens is 1. The van der Waals surface area contributed by atoms with Crippen LogP contribution in [0.4, 0.5) is 11.4 Å². The minimum atomic E-state index is -0.148. The molecule has 0 fully saturated rings. The van der Waals surface area contributed by atoms with Crippen molar-refractivity contribution in [2.75, 3.05) is 11.1 Å². The van der Waals surface area contributed by atoms with Gasteiger partial charge in [0.25, 0.3) is 5.91 Å². The zero-order valence-electron chi connectivity index (χ0n) is 10.9. The van der Waals surface area contributed by atoms with Crippen molar-refractivity contribution in [1.82, 2.24) is 4.57 Å². The lowest BCUT2D eigenvalue weighted by Gasteiger charge is -2.12. The molecule has 0 saturated heterocycles. The fourth-order valence-electron chi connectivity index (χ4n) is 1.87. The van der Waals surface area contributed by atoms with Crippen LogP contribution in [0.15, 0.2) is 41.0 Å². The van der Waals surface area contributed by atoms with Crippen LogP contribution in [-0.2, 0) is 0 Å². The van der Waals surface area contributed by atoms with Crippen molar-refractivity contribution in [3.8, 4) is 0 Å². The van der Waals surface area contributed by atoms with E-state index in [-0.39, 0.29) is 11.9 Å². The summed E-state index contributed by atoms with van der Waals surface area (Å²) in [4.78, 5) is 12.3. The average Bonchev–Trinajstić information content (AvgIpc) is 2.71. The van der Waals surface area contributed by atoms with E-state index in [1.165, 1.54) is 0 Å². The molecule has 3 N–H and O–H groups in total. The standard InChI is InChI=1S/C14H16BrN3O/c1-9(2)18-8-10(15)6-13(18)14(19)17-12-5-3-4-11(16)7-12/h3-9H,16H2,1-2H3,(H,17,19). The molecular weight excluding hydrogens is 306 g/mol. The van der Waals surface area contributed by atoms with E-state index in [4.69, 9.17) is 5.73 Å². The van der Waals surface area contributed by atoms with Crippen LogP contribution in [0.5, 0.6) is 0 Å². The van der Waals surface area contributed by atoms with Gasteiger partial charge < -0.3 is 15.6 Å². The lowest BCUT2D eigenvalue weighted by Crippen LogP contribution is -2.17. The molecule has 0 bridgehead atoms. The van der Waals surface area contributed by atoms with Crippen molar-refractivity contribution < 1.29 is 4.79 Å². The highest BCUT2D eigenvalue weighted by atomic mass is 79.9. The van der Waals surface area contributed by atoms with Gasteiger partial charge in [-0.2, -0.15) is 0 Å². The smallest absolute Gasteiger partial charge is 0.272 e. The van der Waals surface area contributed by atoms with E-state index in [0.717, 1.165) is 4.47 Å². The molecule has 0 unspecified atom stereocenters. The summed E-state index contributed by atoms with van der Waals surface area (Å²) in [5.74, 6) is -0.148. The van der Waals surface area contributed by atoms with Gasteiger partial charge in [-0.1, -0.05) is 6.07 Å². The third kappa shape index (κ3) is 3.17. The number of carbonyl (C=O) groups is 1. The first-order valence-corrected chi connectivity index (χ1v) is 6.81. The lowest BCUT2D eigenvalue weighted by molar-refractivity contribution is 0.101. The minimum Gasteiger partial charge on any atom is -0.399 e. The number of nitrogens with zero attached hydrogens (tertiary/aromatic N) is 1. The number of hydrogen-bond acceptors (Lipinski definition) is 2. The van der Waals surface area contributed by atoms with Gasteiger partial charge in [-0.15, -0.1) is 0 Å². The lowest BCUT2D eigenvalue weighted by atomic mass is 10.2. The molecule has 2 aromatic rings. The second-order valence-electron chi connectivity index (χ2n) is 4.62. The highest BCUT2D eigenvalue weighted by Crippen LogP contribution is 2.21. The maximum atomic E-state index is 12.3. The largest absolute Gasteiger partial charge is 0.399 e. The van der Waals surface area contributed by atoms with Crippen LogP contribution in [0, 0.1) is 0 Å². The Balaban J connectivity index is 2.25. The normalized spacial score (nSPS) is 10.7. The first kappa shape index (κ1) is 13.7. The Labute approximate surface area is 120 Å². The first-order chi connectivity index (χ1) is 8.97. The van der Waals surface area contributed by atoms with Crippen molar-refractivity contribution in [2.24, 2.45) is 0 Å². The Morgan fingerprint density at radius 2 is 2.11 bits per heavy atom. The van der Waals surface area contributed by atoms with Gasteiger partial charge in [-0.3, -0.25) is 4.79 Å². The third-order valence-electron chi connectivity index (χ3n) is 2.75. The fraction of sp³-hybridized carbons (Fsp3) is 0.214. The van der Waals surface area contributed by atoms with Crippen LogP contribution in [0.25, 0.3) is 0 Å². The Morgan fingerprint density at radius 3 is 2.74 bits per heavy atom. The third-order valence-corrected chi connectivity index (χ3v) is 3.18. The molecule has 0 spiro atoms. The van der Waals surface area contributed by atoms with E-state index in [9.17, 15) is 4.79 Å². The van der Waals surface area contributed by atoms with Crippen molar-refractivity contribution in [2.45, 2.75) is 19.9 Å². The second-order valence-corrected chi connectivity index (χ2v) is 5.54. The summed E-state index contributed by atoms with van der Waals surface area (Å²) in [6.07, 6.45) is 1.90. The molecule has 100 valence electrons. The van der Waals surface area contributed by atoms with Crippen molar-refractivity contribution >= 4 is 33.2 Å². The van der Waals surface area contributed by atoms with Crippen molar-refractivity contribution in [3.63, 3.8) is 0 Å². The van der Waals surface area contributed by atoms with Crippen LogP contribution in [0.2, 0.25) is 0 Å². The molecule has 0 aliphatic heterocycles. The number of carbonyl (C=O) groups excluding carboxylic acids is 1. The second kappa shape index (κ2) is 5.48. The molecule has 1 aromatic carbocycles. The van der Waals surface area contributed by atoms with Crippen molar-refractivity contribution in [3.05, 3.63) is 46.7 Å². The van der Waals surface area contributed by atoms with E-state index in [2.05, 4.69) is 21.2 Å². The van der Waals surface area contributed by atoms with Crippen LogP contribution in [-0.4, -0.2) is 10.5 Å². The Kier molecular flexibility index (Phi) is 3.95. The SMILES string of the molecule is CC(C)n1cc(Br)cc1C(=O)Nc1cccc(N)c1. The Morgan fingerprint density at radius 1 is 1.37 bits per heavy atom. The molecule has 0 aliphatic carbocycles. The molecule has 4 nitrogen and oxygen atoms in total. The molecule has 2 rings (SSSR count). The summed E-state index contributed by atoms with van der Waals surface area (Å²) in [5.41, 5.74) is 7.62. The van der Waals surface area contributed by atoms with E-state index in [1.54, 1.807) is 12.1 Å². The van der Waals surface area contributed by atoms with Gasteiger partial charge in [0.2, 0.25) is 0 Å². The van der Waals surface area contributed by atoms with E-state index in [0.29, 0.717) is 17.1 Å². The molecule has 19 heavy (non-hydrogen) atoms. The number of benzene rings is 1. The molecule has 1 amide bonds. The highest BCUT2D eigenvalue weighted by molar-refractivity contribution is 9.10. The van der Waals surface area contributed by atoms with E-state index < -0.39 is 0 Å². The molecule has 5 heteroatoms. The number of amides is 1. The van der Waals surface area contributed by atoms with Crippen LogP contribution in [0.3, 0.4) is 0 Å². The topological polar surface area (TPSA) is 60.0 Å². The zero-order chi connectivity index (χ0) is 14.0. The molecule has 1 aromatic heterocycles. The number of nitrogens with two attached hydrogens (primary N) is 1. The number of aromatic nitrogens is 1. The predicted molar refractivity (Wildman–Crippen MR) is 81.3 cm³/mol. The fourth-order valence-corrected chi connectivity index (χ4v) is 2.30. The monoisotopic (exact) mass is 321 g/mol. The maximum absolute atomic E-state index is 12.3. The summed E-state index contributed by atoms with van der Waals surface area (Å²) in [6.45, 7) is 4.06. The van der Waals surface area contributed by atoms with Gasteiger partial charge in [0, 0.05) is 28.1 Å². The summed E-state index contributed by atoms with van der Waals surface area (Å²) in [5, 5.41) is 2.85. The van der Waals surface area contributed by atoms with E-state index in [1.807, 2.05) is 42.8 Å². The minimum absolute atomic E-state index is 0.148. The number of hydrogen-bond donors (Lipinski definition) is 2. The molecule has 0 saturated carbocycles. The van der Waals surface area contributed by atoms with Crippen LogP contribution in [0.1, 0.15) is 30.4 Å². The van der Waals surface area contributed by atoms with Gasteiger partial charge in [0.15, 0.2) is 0 Å². The predicted octanol–water partition coefficient (Wildman–Crippen LogP) is 3.67. The molecule has 1 heterocycles. The van der Waals surface area contributed by atoms with Crippen molar-refractivity contribution in [1.29, 1.82) is 0 Å². The van der Waals surface area contributed by atoms with Gasteiger partial charge in [0.1, 0.15) is 5.69 Å². The zero-order valence-corrected chi connectivity index (χ0v) is 12.4. The summed E-state index contributed by atoms with van der Waals surface area (Å²) < 4.78 is 2.81. The summed E-state index contributed by atoms with van der Waals surface area (Å²) in [6, 6.07) is 9.15. The van der Waals surface area contributed by atoms with Gasteiger partial charge in [-0.05, 0) is 54.0 Å². The van der Waals surface area contributed by atoms with E-state index >= 15 is 0 Å². The number of nitrogens with one attached hydrogen (secondary N) is 1. The number of nitrogen functional groups attached to an aromatic ring is 1. The molecule has 0 radical (unpaired) electrons. The molecule has 0 aliphatic rings. The number of rotatable bonds is 3. The van der Waals surface area contributed by atoms with Crippen LogP contribution < -0.4 is 11.1 Å². The Bertz CT molecular complexity index is 604. The van der Waals surface area contributed by atoms with Gasteiger partial charge >= 0.3 is 0 Å². The maximum Gasteiger partial charge on any atom is 0.272 e. The Hall–Kier alpha value is -1.75. The number of anilines is 2. The molecular formula is C14H16BrN3O. The summed E-state index contributed by atoms with van der Waals surface area (Å²) in [7, 11) is 0. The quantitative estimate of drug-likeness (QED) is 0.847. The molecule has 0 atom stereocenters. The highest BCUT2D eigenvalue weighted by Gasteiger charge is 2.15. The average molecular weight is 322 g/mol.